The molecular formula is C16H24N2O. The van der Waals surface area contributed by atoms with E-state index in [1.165, 1.54) is 37.7 Å². The van der Waals surface area contributed by atoms with E-state index in [4.69, 9.17) is 0 Å². The van der Waals surface area contributed by atoms with Crippen LogP contribution < -0.4 is 10.6 Å². The van der Waals surface area contributed by atoms with Crippen LogP contribution in [-0.4, -0.2) is 12.6 Å². The van der Waals surface area contributed by atoms with Crippen LogP contribution in [0.4, 0.5) is 10.5 Å². The van der Waals surface area contributed by atoms with Crippen molar-refractivity contribution in [1.82, 2.24) is 5.32 Å². The van der Waals surface area contributed by atoms with Crippen molar-refractivity contribution in [3.05, 3.63) is 29.3 Å². The lowest BCUT2D eigenvalue weighted by Gasteiger charge is -2.22. The summed E-state index contributed by atoms with van der Waals surface area (Å²) in [6.07, 6.45) is 6.48. The van der Waals surface area contributed by atoms with Crippen LogP contribution in [0.15, 0.2) is 18.2 Å². The van der Waals surface area contributed by atoms with Crippen LogP contribution in [0.25, 0.3) is 0 Å². The Hall–Kier alpha value is -1.51. The Labute approximate surface area is 115 Å². The lowest BCUT2D eigenvalue weighted by atomic mass is 9.89. The van der Waals surface area contributed by atoms with Crippen LogP contribution >= 0.6 is 0 Å². The smallest absolute Gasteiger partial charge is 0.319 e. The fourth-order valence-corrected chi connectivity index (χ4v) is 2.68. The second-order valence-electron chi connectivity index (χ2n) is 5.59. The zero-order chi connectivity index (χ0) is 13.7. The maximum Gasteiger partial charge on any atom is 0.319 e. The van der Waals surface area contributed by atoms with Gasteiger partial charge in [0.15, 0.2) is 0 Å². The summed E-state index contributed by atoms with van der Waals surface area (Å²) in [5.74, 6) is 0.665. The molecule has 0 radical (unpaired) electrons. The van der Waals surface area contributed by atoms with Crippen LogP contribution in [0.1, 0.15) is 43.2 Å². The zero-order valence-electron chi connectivity index (χ0n) is 12.0. The van der Waals surface area contributed by atoms with Gasteiger partial charge in [-0.1, -0.05) is 31.4 Å². The Balaban J connectivity index is 1.82. The highest BCUT2D eigenvalue weighted by molar-refractivity contribution is 5.90. The molecule has 3 heteroatoms. The number of hydrogen-bond acceptors (Lipinski definition) is 1. The lowest BCUT2D eigenvalue weighted by Crippen LogP contribution is -2.33. The average Bonchev–Trinajstić information content (AvgIpc) is 2.43. The number of benzene rings is 1. The first kappa shape index (κ1) is 13.9. The quantitative estimate of drug-likeness (QED) is 0.847. The normalized spacial score (nSPS) is 16.1. The number of carbonyl (C=O) groups excluding carboxylic acids is 1. The van der Waals surface area contributed by atoms with Crippen LogP contribution in [-0.2, 0) is 0 Å². The third kappa shape index (κ3) is 3.98. The monoisotopic (exact) mass is 260 g/mol. The minimum Gasteiger partial charge on any atom is -0.338 e. The summed E-state index contributed by atoms with van der Waals surface area (Å²) in [7, 11) is 0. The fraction of sp³-hybridized carbons (Fsp3) is 0.562. The van der Waals surface area contributed by atoms with Crippen LogP contribution in [0.3, 0.4) is 0 Å². The Kier molecular flexibility index (Phi) is 4.83. The second kappa shape index (κ2) is 6.60. The van der Waals surface area contributed by atoms with E-state index in [1.54, 1.807) is 0 Å². The molecule has 0 unspecified atom stereocenters. The van der Waals surface area contributed by atoms with E-state index >= 15 is 0 Å². The molecule has 1 aliphatic carbocycles. The first-order valence-corrected chi connectivity index (χ1v) is 7.28. The number of aryl methyl sites for hydroxylation is 1. The van der Waals surface area contributed by atoms with E-state index in [9.17, 15) is 4.79 Å². The first-order valence-electron chi connectivity index (χ1n) is 7.28. The molecule has 104 valence electrons. The number of amides is 2. The number of rotatable bonds is 3. The van der Waals surface area contributed by atoms with Gasteiger partial charge in [-0.2, -0.15) is 0 Å². The van der Waals surface area contributed by atoms with E-state index in [0.29, 0.717) is 5.92 Å². The van der Waals surface area contributed by atoms with Crippen molar-refractivity contribution in [3.8, 4) is 0 Å². The predicted molar refractivity (Wildman–Crippen MR) is 79.5 cm³/mol. The largest absolute Gasteiger partial charge is 0.338 e. The maximum atomic E-state index is 11.9. The highest BCUT2D eigenvalue weighted by atomic mass is 16.2. The topological polar surface area (TPSA) is 41.1 Å². The zero-order valence-corrected chi connectivity index (χ0v) is 12.0. The van der Waals surface area contributed by atoms with Crippen molar-refractivity contribution in [2.24, 2.45) is 5.92 Å². The predicted octanol–water partition coefficient (Wildman–Crippen LogP) is 4.01. The molecule has 1 aliphatic rings. The molecule has 0 bridgehead atoms. The van der Waals surface area contributed by atoms with Gasteiger partial charge in [0.1, 0.15) is 0 Å². The van der Waals surface area contributed by atoms with Gasteiger partial charge in [-0.3, -0.25) is 0 Å². The Morgan fingerprint density at radius 1 is 1.21 bits per heavy atom. The molecule has 1 fully saturated rings. The first-order chi connectivity index (χ1) is 9.16. The molecule has 0 aliphatic heterocycles. The summed E-state index contributed by atoms with van der Waals surface area (Å²) < 4.78 is 0. The molecule has 0 saturated heterocycles. The molecule has 1 aromatic rings. The third-order valence-corrected chi connectivity index (χ3v) is 4.13. The van der Waals surface area contributed by atoms with Gasteiger partial charge in [0, 0.05) is 12.2 Å². The molecule has 1 aromatic carbocycles. The number of nitrogens with one attached hydrogen (secondary N) is 2. The van der Waals surface area contributed by atoms with Gasteiger partial charge in [0.2, 0.25) is 0 Å². The highest BCUT2D eigenvalue weighted by Crippen LogP contribution is 2.23. The minimum atomic E-state index is -0.0840. The van der Waals surface area contributed by atoms with Gasteiger partial charge in [-0.05, 0) is 49.8 Å². The lowest BCUT2D eigenvalue weighted by molar-refractivity contribution is 0.247. The molecule has 0 spiro atoms. The summed E-state index contributed by atoms with van der Waals surface area (Å²) in [6.45, 7) is 4.89. The standard InChI is InChI=1S/C16H24N2O/c1-12-7-6-10-15(13(12)2)18-16(19)17-11-14-8-4-3-5-9-14/h6-7,10,14H,3-5,8-9,11H2,1-2H3,(H2,17,18,19). The Morgan fingerprint density at radius 3 is 2.68 bits per heavy atom. The van der Waals surface area contributed by atoms with Crippen LogP contribution in [0.5, 0.6) is 0 Å². The number of hydrogen-bond donors (Lipinski definition) is 2. The van der Waals surface area contributed by atoms with Crippen molar-refractivity contribution >= 4 is 11.7 Å². The van der Waals surface area contributed by atoms with Gasteiger partial charge < -0.3 is 10.6 Å². The van der Waals surface area contributed by atoms with Crippen molar-refractivity contribution < 1.29 is 4.79 Å². The summed E-state index contributed by atoms with van der Waals surface area (Å²) >= 11 is 0. The van der Waals surface area contributed by atoms with Crippen LogP contribution in [0.2, 0.25) is 0 Å². The summed E-state index contributed by atoms with van der Waals surface area (Å²) in [5, 5.41) is 5.94. The molecule has 2 rings (SSSR count). The van der Waals surface area contributed by atoms with E-state index in [-0.39, 0.29) is 6.03 Å². The summed E-state index contributed by atoms with van der Waals surface area (Å²) in [6, 6.07) is 5.89. The molecule has 3 nitrogen and oxygen atoms in total. The molecule has 1 saturated carbocycles. The van der Waals surface area contributed by atoms with Crippen molar-refractivity contribution in [2.45, 2.75) is 46.0 Å². The Bertz CT molecular complexity index is 436. The van der Waals surface area contributed by atoms with E-state index in [1.807, 2.05) is 19.1 Å². The third-order valence-electron chi connectivity index (χ3n) is 4.13. The van der Waals surface area contributed by atoms with Crippen molar-refractivity contribution in [2.75, 3.05) is 11.9 Å². The molecule has 2 amide bonds. The molecule has 0 aromatic heterocycles. The van der Waals surface area contributed by atoms with E-state index in [2.05, 4.69) is 23.6 Å². The summed E-state index contributed by atoms with van der Waals surface area (Å²) in [5.41, 5.74) is 3.24. The highest BCUT2D eigenvalue weighted by Gasteiger charge is 2.14. The van der Waals surface area contributed by atoms with Gasteiger partial charge in [0.25, 0.3) is 0 Å². The van der Waals surface area contributed by atoms with Crippen molar-refractivity contribution in [3.63, 3.8) is 0 Å². The van der Waals surface area contributed by atoms with E-state index < -0.39 is 0 Å². The van der Waals surface area contributed by atoms with Gasteiger partial charge in [-0.15, -0.1) is 0 Å². The maximum absolute atomic E-state index is 11.9. The molecule has 2 N–H and O–H groups in total. The average molecular weight is 260 g/mol. The number of urea groups is 1. The summed E-state index contributed by atoms with van der Waals surface area (Å²) in [4.78, 5) is 11.9. The molecule has 0 heterocycles. The minimum absolute atomic E-state index is 0.0840. The molecular weight excluding hydrogens is 236 g/mol. The van der Waals surface area contributed by atoms with E-state index in [0.717, 1.165) is 17.8 Å². The van der Waals surface area contributed by atoms with Gasteiger partial charge >= 0.3 is 6.03 Å². The van der Waals surface area contributed by atoms with Gasteiger partial charge in [0.05, 0.1) is 0 Å². The Morgan fingerprint density at radius 2 is 1.95 bits per heavy atom. The molecule has 0 atom stereocenters. The van der Waals surface area contributed by atoms with Gasteiger partial charge in [-0.25, -0.2) is 4.79 Å². The van der Waals surface area contributed by atoms with Crippen molar-refractivity contribution in [1.29, 1.82) is 0 Å². The van der Waals surface area contributed by atoms with Crippen LogP contribution in [0, 0.1) is 19.8 Å². The second-order valence-corrected chi connectivity index (χ2v) is 5.59. The number of anilines is 1. The number of carbonyl (C=O) groups is 1. The SMILES string of the molecule is Cc1cccc(NC(=O)NCC2CCCCC2)c1C. The molecule has 19 heavy (non-hydrogen) atoms. The fourth-order valence-electron chi connectivity index (χ4n) is 2.68.